The Labute approximate surface area is 88.8 Å². The highest BCUT2D eigenvalue weighted by Crippen LogP contribution is 2.51. The highest BCUT2D eigenvalue weighted by Gasteiger charge is 2.44. The van der Waals surface area contributed by atoms with Crippen LogP contribution in [0.3, 0.4) is 0 Å². The second-order valence-corrected chi connectivity index (χ2v) is 5.00. The third-order valence-corrected chi connectivity index (χ3v) is 3.62. The van der Waals surface area contributed by atoms with Crippen LogP contribution in [0.5, 0.6) is 0 Å². The summed E-state index contributed by atoms with van der Waals surface area (Å²) < 4.78 is 0. The van der Waals surface area contributed by atoms with Crippen molar-refractivity contribution >= 4 is 0 Å². The minimum absolute atomic E-state index is 0.670. The summed E-state index contributed by atoms with van der Waals surface area (Å²) in [5.74, 6) is 0.854. The molecule has 14 heavy (non-hydrogen) atoms. The first-order valence-corrected chi connectivity index (χ1v) is 6.06. The molecule has 1 rings (SSSR count). The lowest BCUT2D eigenvalue weighted by molar-refractivity contribution is 0.337. The molecule has 0 spiro atoms. The van der Waals surface area contributed by atoms with Gasteiger partial charge in [-0.05, 0) is 57.2 Å². The summed E-state index contributed by atoms with van der Waals surface area (Å²) in [5.41, 5.74) is 0.670. The molecule has 1 fully saturated rings. The minimum atomic E-state index is 0.670. The first kappa shape index (κ1) is 12.0. The maximum atomic E-state index is 3.60. The van der Waals surface area contributed by atoms with Crippen LogP contribution in [0.15, 0.2) is 0 Å². The molecule has 84 valence electrons. The SMILES string of the molecule is CNCCCCNCC1(C(C)C)CC1. The molecule has 1 aliphatic rings. The van der Waals surface area contributed by atoms with Crippen molar-refractivity contribution in [1.82, 2.24) is 10.6 Å². The van der Waals surface area contributed by atoms with E-state index in [9.17, 15) is 0 Å². The molecule has 0 radical (unpaired) electrons. The molecular weight excluding hydrogens is 172 g/mol. The van der Waals surface area contributed by atoms with Crippen LogP contribution in [0.2, 0.25) is 0 Å². The molecule has 0 saturated heterocycles. The van der Waals surface area contributed by atoms with Crippen molar-refractivity contribution in [1.29, 1.82) is 0 Å². The lowest BCUT2D eigenvalue weighted by Crippen LogP contribution is -2.28. The van der Waals surface area contributed by atoms with E-state index in [0.717, 1.165) is 12.5 Å². The van der Waals surface area contributed by atoms with Crippen molar-refractivity contribution in [3.8, 4) is 0 Å². The predicted molar refractivity (Wildman–Crippen MR) is 62.5 cm³/mol. The van der Waals surface area contributed by atoms with Crippen molar-refractivity contribution in [2.45, 2.75) is 39.5 Å². The number of unbranched alkanes of at least 4 members (excludes halogenated alkanes) is 1. The molecule has 2 nitrogen and oxygen atoms in total. The van der Waals surface area contributed by atoms with Crippen molar-refractivity contribution in [2.24, 2.45) is 11.3 Å². The molecule has 0 aliphatic heterocycles. The largest absolute Gasteiger partial charge is 0.320 e. The van der Waals surface area contributed by atoms with Crippen LogP contribution >= 0.6 is 0 Å². The topological polar surface area (TPSA) is 24.1 Å². The zero-order valence-corrected chi connectivity index (χ0v) is 10.0. The second-order valence-electron chi connectivity index (χ2n) is 5.00. The maximum absolute atomic E-state index is 3.60. The van der Waals surface area contributed by atoms with Gasteiger partial charge in [-0.25, -0.2) is 0 Å². The summed E-state index contributed by atoms with van der Waals surface area (Å²) in [6, 6.07) is 0. The van der Waals surface area contributed by atoms with E-state index in [1.165, 1.54) is 38.8 Å². The molecular formula is C12H26N2. The van der Waals surface area contributed by atoms with Crippen LogP contribution in [0.1, 0.15) is 39.5 Å². The Morgan fingerprint density at radius 2 is 1.79 bits per heavy atom. The van der Waals surface area contributed by atoms with Gasteiger partial charge in [-0.3, -0.25) is 0 Å². The van der Waals surface area contributed by atoms with E-state index in [2.05, 4.69) is 24.5 Å². The highest BCUT2D eigenvalue weighted by atomic mass is 14.9. The average molecular weight is 198 g/mol. The average Bonchev–Trinajstić information content (AvgIpc) is 2.92. The molecule has 0 amide bonds. The lowest BCUT2D eigenvalue weighted by Gasteiger charge is -2.19. The second kappa shape index (κ2) is 5.72. The zero-order valence-electron chi connectivity index (χ0n) is 10.0. The first-order valence-electron chi connectivity index (χ1n) is 6.06. The molecule has 0 bridgehead atoms. The summed E-state index contributed by atoms with van der Waals surface area (Å²) in [7, 11) is 2.02. The van der Waals surface area contributed by atoms with E-state index in [1.54, 1.807) is 0 Å². The normalized spacial score (nSPS) is 18.9. The molecule has 0 aromatic heterocycles. The van der Waals surface area contributed by atoms with Gasteiger partial charge in [0.2, 0.25) is 0 Å². The predicted octanol–water partition coefficient (Wildman–Crippen LogP) is 2.01. The monoisotopic (exact) mass is 198 g/mol. The van der Waals surface area contributed by atoms with Crippen molar-refractivity contribution in [3.63, 3.8) is 0 Å². The fraction of sp³-hybridized carbons (Fsp3) is 1.00. The highest BCUT2D eigenvalue weighted by molar-refractivity contribution is 4.96. The van der Waals surface area contributed by atoms with Crippen molar-refractivity contribution in [3.05, 3.63) is 0 Å². The number of nitrogens with one attached hydrogen (secondary N) is 2. The van der Waals surface area contributed by atoms with E-state index < -0.39 is 0 Å². The Morgan fingerprint density at radius 3 is 2.29 bits per heavy atom. The van der Waals surface area contributed by atoms with Gasteiger partial charge in [0.1, 0.15) is 0 Å². The Balaban J connectivity index is 1.94. The molecule has 1 saturated carbocycles. The molecule has 0 aromatic rings. The Hall–Kier alpha value is -0.0800. The summed E-state index contributed by atoms with van der Waals surface area (Å²) in [6.45, 7) is 8.29. The van der Waals surface area contributed by atoms with Crippen LogP contribution in [-0.4, -0.2) is 26.7 Å². The van der Waals surface area contributed by atoms with Crippen LogP contribution in [0.4, 0.5) is 0 Å². The summed E-state index contributed by atoms with van der Waals surface area (Å²) >= 11 is 0. The fourth-order valence-electron chi connectivity index (χ4n) is 2.01. The zero-order chi connectivity index (χ0) is 10.4. The van der Waals surface area contributed by atoms with Crippen molar-refractivity contribution in [2.75, 3.05) is 26.7 Å². The third kappa shape index (κ3) is 3.58. The van der Waals surface area contributed by atoms with E-state index in [1.807, 2.05) is 7.05 Å². The van der Waals surface area contributed by atoms with E-state index in [4.69, 9.17) is 0 Å². The molecule has 2 heteroatoms. The third-order valence-electron chi connectivity index (χ3n) is 3.62. The van der Waals surface area contributed by atoms with Gasteiger partial charge < -0.3 is 10.6 Å². The van der Waals surface area contributed by atoms with Crippen LogP contribution < -0.4 is 10.6 Å². The van der Waals surface area contributed by atoms with Gasteiger partial charge in [-0.1, -0.05) is 13.8 Å². The number of rotatable bonds is 8. The Bertz CT molecular complexity index is 150. The summed E-state index contributed by atoms with van der Waals surface area (Å²) in [6.07, 6.45) is 5.47. The van der Waals surface area contributed by atoms with Gasteiger partial charge in [0, 0.05) is 6.54 Å². The van der Waals surface area contributed by atoms with Crippen LogP contribution in [0.25, 0.3) is 0 Å². The lowest BCUT2D eigenvalue weighted by atomic mass is 9.92. The summed E-state index contributed by atoms with van der Waals surface area (Å²) in [5, 5.41) is 6.78. The number of hydrogen-bond acceptors (Lipinski definition) is 2. The molecule has 2 N–H and O–H groups in total. The quantitative estimate of drug-likeness (QED) is 0.583. The van der Waals surface area contributed by atoms with Crippen LogP contribution in [0, 0.1) is 11.3 Å². The van der Waals surface area contributed by atoms with Crippen LogP contribution in [-0.2, 0) is 0 Å². The van der Waals surface area contributed by atoms with Gasteiger partial charge in [-0.2, -0.15) is 0 Å². The van der Waals surface area contributed by atoms with Gasteiger partial charge >= 0.3 is 0 Å². The number of hydrogen-bond donors (Lipinski definition) is 2. The van der Waals surface area contributed by atoms with Gasteiger partial charge in [-0.15, -0.1) is 0 Å². The molecule has 1 aliphatic carbocycles. The van der Waals surface area contributed by atoms with Gasteiger partial charge in [0.05, 0.1) is 0 Å². The molecule has 0 heterocycles. The molecule has 0 atom stereocenters. The van der Waals surface area contributed by atoms with E-state index in [-0.39, 0.29) is 0 Å². The van der Waals surface area contributed by atoms with Crippen molar-refractivity contribution < 1.29 is 0 Å². The Morgan fingerprint density at radius 1 is 1.14 bits per heavy atom. The van der Waals surface area contributed by atoms with E-state index in [0.29, 0.717) is 5.41 Å². The Kier molecular flexibility index (Phi) is 4.90. The van der Waals surface area contributed by atoms with E-state index >= 15 is 0 Å². The summed E-state index contributed by atoms with van der Waals surface area (Å²) in [4.78, 5) is 0. The standard InChI is InChI=1S/C12H26N2/c1-11(2)12(6-7-12)10-14-9-5-4-8-13-3/h11,13-14H,4-10H2,1-3H3. The first-order chi connectivity index (χ1) is 6.71. The maximum Gasteiger partial charge on any atom is 0.00103 e. The minimum Gasteiger partial charge on any atom is -0.320 e. The van der Waals surface area contributed by atoms with Gasteiger partial charge in [0.15, 0.2) is 0 Å². The molecule has 0 aromatic carbocycles. The fourth-order valence-corrected chi connectivity index (χ4v) is 2.01. The van der Waals surface area contributed by atoms with Gasteiger partial charge in [0.25, 0.3) is 0 Å². The molecule has 0 unspecified atom stereocenters. The smallest absolute Gasteiger partial charge is 0.00103 e.